The Morgan fingerprint density at radius 1 is 1.33 bits per heavy atom. The molecule has 0 saturated carbocycles. The first-order valence-corrected chi connectivity index (χ1v) is 7.18. The van der Waals surface area contributed by atoms with Crippen molar-refractivity contribution in [1.29, 1.82) is 0 Å². The van der Waals surface area contributed by atoms with Crippen molar-refractivity contribution in [2.45, 2.75) is 25.8 Å². The maximum absolute atomic E-state index is 12.5. The molecule has 0 aromatic heterocycles. The van der Waals surface area contributed by atoms with Gasteiger partial charge in [-0.3, -0.25) is 14.5 Å². The molecule has 2 unspecified atom stereocenters. The van der Waals surface area contributed by atoms with Crippen molar-refractivity contribution in [3.8, 4) is 5.75 Å². The average Bonchev–Trinajstić information content (AvgIpc) is 2.53. The van der Waals surface area contributed by atoms with Crippen LogP contribution in [0.1, 0.15) is 30.1 Å². The van der Waals surface area contributed by atoms with Gasteiger partial charge in [0.05, 0.1) is 19.1 Å². The number of aliphatic carboxylic acids is 1. The number of ketones is 1. The van der Waals surface area contributed by atoms with Crippen LogP contribution < -0.4 is 4.74 Å². The van der Waals surface area contributed by atoms with Crippen molar-refractivity contribution in [3.63, 3.8) is 0 Å². The molecule has 0 spiro atoms. The monoisotopic (exact) mass is 291 g/mol. The zero-order chi connectivity index (χ0) is 15.4. The summed E-state index contributed by atoms with van der Waals surface area (Å²) in [6.07, 6.45) is 1.51. The zero-order valence-corrected chi connectivity index (χ0v) is 12.4. The molecule has 2 rings (SSSR count). The highest BCUT2D eigenvalue weighted by Gasteiger charge is 2.30. The van der Waals surface area contributed by atoms with Crippen molar-refractivity contribution in [1.82, 2.24) is 4.90 Å². The minimum Gasteiger partial charge on any atom is -0.497 e. The number of carbonyl (C=O) groups is 2. The third kappa shape index (κ3) is 3.61. The highest BCUT2D eigenvalue weighted by Crippen LogP contribution is 2.21. The van der Waals surface area contributed by atoms with Gasteiger partial charge in [-0.15, -0.1) is 0 Å². The quantitative estimate of drug-likeness (QED) is 0.841. The van der Waals surface area contributed by atoms with Gasteiger partial charge in [0.15, 0.2) is 5.78 Å². The van der Waals surface area contributed by atoms with Crippen LogP contribution in [0.15, 0.2) is 24.3 Å². The number of methoxy groups -OCH3 is 1. The summed E-state index contributed by atoms with van der Waals surface area (Å²) >= 11 is 0. The van der Waals surface area contributed by atoms with E-state index in [0.717, 1.165) is 13.0 Å². The van der Waals surface area contributed by atoms with Gasteiger partial charge in [-0.1, -0.05) is 0 Å². The van der Waals surface area contributed by atoms with Gasteiger partial charge in [0.25, 0.3) is 0 Å². The van der Waals surface area contributed by atoms with Crippen LogP contribution in [0.25, 0.3) is 0 Å². The third-order valence-corrected chi connectivity index (χ3v) is 4.10. The molecule has 5 nitrogen and oxygen atoms in total. The highest BCUT2D eigenvalue weighted by atomic mass is 16.5. The molecule has 1 aromatic carbocycles. The second kappa shape index (κ2) is 6.72. The maximum atomic E-state index is 12.5. The fraction of sp³-hybridized carbons (Fsp3) is 0.500. The van der Waals surface area contributed by atoms with E-state index in [1.54, 1.807) is 31.4 Å². The predicted molar refractivity (Wildman–Crippen MR) is 78.7 cm³/mol. The largest absolute Gasteiger partial charge is 0.497 e. The standard InChI is InChI=1S/C16H21NO4/c1-11(17-9-3-4-13(10-17)16(19)20)15(18)12-5-7-14(21-2)8-6-12/h5-8,11,13H,3-4,9-10H2,1-2H3,(H,19,20). The Morgan fingerprint density at radius 2 is 2.00 bits per heavy atom. The number of ether oxygens (including phenoxy) is 1. The van der Waals surface area contributed by atoms with Gasteiger partial charge in [0.1, 0.15) is 5.75 Å². The molecule has 0 aliphatic carbocycles. The molecule has 5 heteroatoms. The molecule has 1 aliphatic heterocycles. The van der Waals surface area contributed by atoms with Crippen molar-refractivity contribution in [3.05, 3.63) is 29.8 Å². The number of rotatable bonds is 5. The Morgan fingerprint density at radius 3 is 2.57 bits per heavy atom. The molecular formula is C16H21NO4. The Bertz CT molecular complexity index is 512. The van der Waals surface area contributed by atoms with Gasteiger partial charge in [0.2, 0.25) is 0 Å². The second-order valence-electron chi connectivity index (χ2n) is 5.44. The van der Waals surface area contributed by atoms with Crippen molar-refractivity contribution in [2.75, 3.05) is 20.2 Å². The van der Waals surface area contributed by atoms with E-state index in [9.17, 15) is 9.59 Å². The van der Waals surface area contributed by atoms with Gasteiger partial charge in [-0.05, 0) is 50.6 Å². The summed E-state index contributed by atoms with van der Waals surface area (Å²) in [4.78, 5) is 25.6. The number of nitrogens with zero attached hydrogens (tertiary/aromatic N) is 1. The van der Waals surface area contributed by atoms with E-state index in [0.29, 0.717) is 24.3 Å². The van der Waals surface area contributed by atoms with E-state index in [2.05, 4.69) is 0 Å². The Labute approximate surface area is 124 Å². The minimum absolute atomic E-state index is 0.0173. The molecule has 1 N–H and O–H groups in total. The SMILES string of the molecule is COc1ccc(C(=O)C(C)N2CCCC(C(=O)O)C2)cc1. The number of carbonyl (C=O) groups excluding carboxylic acids is 1. The zero-order valence-electron chi connectivity index (χ0n) is 12.4. The van der Waals surface area contributed by atoms with Gasteiger partial charge in [-0.2, -0.15) is 0 Å². The Balaban J connectivity index is 2.05. The maximum Gasteiger partial charge on any atom is 0.307 e. The first kappa shape index (κ1) is 15.5. The lowest BCUT2D eigenvalue weighted by molar-refractivity contribution is -0.143. The summed E-state index contributed by atoms with van der Waals surface area (Å²) in [5.74, 6) is -0.416. The Hall–Kier alpha value is -1.88. The molecule has 1 fully saturated rings. The smallest absolute Gasteiger partial charge is 0.307 e. The van der Waals surface area contributed by atoms with Gasteiger partial charge in [0, 0.05) is 12.1 Å². The number of carboxylic acid groups (broad SMARTS) is 1. The van der Waals surface area contributed by atoms with Crippen molar-refractivity contribution in [2.24, 2.45) is 5.92 Å². The summed E-state index contributed by atoms with van der Waals surface area (Å²) in [5, 5.41) is 9.13. The van der Waals surface area contributed by atoms with Crippen LogP contribution in [0.3, 0.4) is 0 Å². The lowest BCUT2D eigenvalue weighted by Gasteiger charge is -2.34. The molecule has 114 valence electrons. The Kier molecular flexibility index (Phi) is 4.96. The lowest BCUT2D eigenvalue weighted by Crippen LogP contribution is -2.46. The molecule has 0 radical (unpaired) electrons. The van der Waals surface area contributed by atoms with Crippen LogP contribution in [-0.2, 0) is 4.79 Å². The predicted octanol–water partition coefficient (Wildman–Crippen LogP) is 2.06. The van der Waals surface area contributed by atoms with Crippen LogP contribution in [0, 0.1) is 5.92 Å². The summed E-state index contributed by atoms with van der Waals surface area (Å²) in [7, 11) is 1.58. The van der Waals surface area contributed by atoms with Crippen molar-refractivity contribution < 1.29 is 19.4 Å². The fourth-order valence-electron chi connectivity index (χ4n) is 2.72. The van der Waals surface area contributed by atoms with Crippen molar-refractivity contribution >= 4 is 11.8 Å². The summed E-state index contributed by atoms with van der Waals surface area (Å²) < 4.78 is 5.08. The van der Waals surface area contributed by atoms with Gasteiger partial charge < -0.3 is 9.84 Å². The molecule has 2 atom stereocenters. The van der Waals surface area contributed by atoms with Crippen LogP contribution in [0.4, 0.5) is 0 Å². The molecule has 21 heavy (non-hydrogen) atoms. The van der Waals surface area contributed by atoms with E-state index >= 15 is 0 Å². The number of likely N-dealkylation sites (tertiary alicyclic amines) is 1. The normalized spacial score (nSPS) is 20.8. The number of hydrogen-bond acceptors (Lipinski definition) is 4. The summed E-state index contributed by atoms with van der Waals surface area (Å²) in [6, 6.07) is 6.71. The van der Waals surface area contributed by atoms with Crippen LogP contribution >= 0.6 is 0 Å². The first-order valence-electron chi connectivity index (χ1n) is 7.18. The molecule has 1 heterocycles. The number of piperidine rings is 1. The van der Waals surface area contributed by atoms with E-state index in [1.807, 2.05) is 11.8 Å². The fourth-order valence-corrected chi connectivity index (χ4v) is 2.72. The minimum atomic E-state index is -0.774. The summed E-state index contributed by atoms with van der Waals surface area (Å²) in [6.45, 7) is 3.06. The average molecular weight is 291 g/mol. The van der Waals surface area contributed by atoms with Crippen LogP contribution in [0.2, 0.25) is 0 Å². The molecule has 1 aromatic rings. The molecule has 1 aliphatic rings. The van der Waals surface area contributed by atoms with Crippen LogP contribution in [0.5, 0.6) is 5.75 Å². The molecule has 1 saturated heterocycles. The molecule has 0 amide bonds. The van der Waals surface area contributed by atoms with Crippen LogP contribution in [-0.4, -0.2) is 48.0 Å². The summed E-state index contributed by atoms with van der Waals surface area (Å²) in [5.41, 5.74) is 0.626. The van der Waals surface area contributed by atoms with E-state index in [-0.39, 0.29) is 17.7 Å². The highest BCUT2D eigenvalue weighted by molar-refractivity contribution is 6.00. The van der Waals surface area contributed by atoms with Gasteiger partial charge >= 0.3 is 5.97 Å². The molecule has 0 bridgehead atoms. The van der Waals surface area contributed by atoms with Gasteiger partial charge in [-0.25, -0.2) is 0 Å². The third-order valence-electron chi connectivity index (χ3n) is 4.10. The number of hydrogen-bond donors (Lipinski definition) is 1. The van der Waals surface area contributed by atoms with E-state index in [1.165, 1.54) is 0 Å². The number of benzene rings is 1. The first-order chi connectivity index (χ1) is 10.0. The number of carboxylic acids is 1. The molecular weight excluding hydrogens is 270 g/mol. The van der Waals surface area contributed by atoms with E-state index in [4.69, 9.17) is 9.84 Å². The van der Waals surface area contributed by atoms with E-state index < -0.39 is 5.97 Å². The number of Topliss-reactive ketones (excluding diaryl/α,β-unsaturated/α-hetero) is 1. The second-order valence-corrected chi connectivity index (χ2v) is 5.44. The lowest BCUT2D eigenvalue weighted by atomic mass is 9.95. The topological polar surface area (TPSA) is 66.8 Å².